The summed E-state index contributed by atoms with van der Waals surface area (Å²) < 4.78 is 5.88. The van der Waals surface area contributed by atoms with E-state index in [1.165, 1.54) is 47.9 Å². The average molecular weight is 469 g/mol. The Morgan fingerprint density at radius 1 is 0.686 bits per heavy atom. The molecule has 1 saturated carbocycles. The summed E-state index contributed by atoms with van der Waals surface area (Å²) in [4.78, 5) is 12.8. The Labute approximate surface area is 211 Å². The van der Waals surface area contributed by atoms with E-state index in [4.69, 9.17) is 4.74 Å². The summed E-state index contributed by atoms with van der Waals surface area (Å²) in [6.07, 6.45) is 11.3. The molecule has 35 heavy (non-hydrogen) atoms. The Balaban J connectivity index is 1.26. The van der Waals surface area contributed by atoms with Gasteiger partial charge in [-0.25, -0.2) is 4.79 Å². The third kappa shape index (κ3) is 7.07. The predicted octanol–water partition coefficient (Wildman–Crippen LogP) is 8.92. The normalized spacial score (nSPS) is 17.8. The van der Waals surface area contributed by atoms with Crippen molar-refractivity contribution < 1.29 is 9.53 Å². The van der Waals surface area contributed by atoms with Gasteiger partial charge in [-0.05, 0) is 90.8 Å². The molecule has 1 aliphatic rings. The third-order valence-electron chi connectivity index (χ3n) is 7.41. The quantitative estimate of drug-likeness (QED) is 0.219. The van der Waals surface area contributed by atoms with E-state index in [-0.39, 0.29) is 12.1 Å². The first-order valence-corrected chi connectivity index (χ1v) is 13.7. The lowest BCUT2D eigenvalue weighted by atomic mass is 9.82. The molecule has 0 N–H and O–H groups in total. The van der Waals surface area contributed by atoms with Crippen LogP contribution in [0.2, 0.25) is 0 Å². The highest BCUT2D eigenvalue weighted by Crippen LogP contribution is 2.34. The molecule has 184 valence electrons. The summed E-state index contributed by atoms with van der Waals surface area (Å²) in [5, 5.41) is 0. The van der Waals surface area contributed by atoms with Crippen molar-refractivity contribution in [2.24, 2.45) is 0 Å². The fraction of sp³-hybridized carbons (Fsp3) is 0.424. The summed E-state index contributed by atoms with van der Waals surface area (Å²) in [5.41, 5.74) is 7.20. The zero-order chi connectivity index (χ0) is 24.5. The summed E-state index contributed by atoms with van der Waals surface area (Å²) in [7, 11) is 0. The van der Waals surface area contributed by atoms with Crippen LogP contribution in [0.4, 0.5) is 0 Å². The second kappa shape index (κ2) is 12.7. The van der Waals surface area contributed by atoms with Crippen molar-refractivity contribution in [2.75, 3.05) is 0 Å². The van der Waals surface area contributed by atoms with E-state index in [0.29, 0.717) is 11.5 Å². The molecule has 0 aromatic heterocycles. The van der Waals surface area contributed by atoms with Crippen molar-refractivity contribution in [1.82, 2.24) is 0 Å². The maximum absolute atomic E-state index is 12.8. The van der Waals surface area contributed by atoms with Crippen molar-refractivity contribution in [3.8, 4) is 11.1 Å². The van der Waals surface area contributed by atoms with Crippen LogP contribution in [-0.4, -0.2) is 12.1 Å². The van der Waals surface area contributed by atoms with E-state index in [1.54, 1.807) is 0 Å². The topological polar surface area (TPSA) is 26.3 Å². The van der Waals surface area contributed by atoms with E-state index in [2.05, 4.69) is 62.4 Å². The van der Waals surface area contributed by atoms with Crippen LogP contribution in [0.25, 0.3) is 11.1 Å². The minimum absolute atomic E-state index is 0.0260. The molecule has 3 aromatic rings. The van der Waals surface area contributed by atoms with E-state index in [1.807, 2.05) is 24.3 Å². The van der Waals surface area contributed by atoms with Crippen LogP contribution in [0.3, 0.4) is 0 Å². The van der Waals surface area contributed by atoms with Crippen LogP contribution in [-0.2, 0) is 17.6 Å². The van der Waals surface area contributed by atoms with Gasteiger partial charge in [0.1, 0.15) is 6.10 Å². The predicted molar refractivity (Wildman–Crippen MR) is 146 cm³/mol. The number of benzene rings is 3. The number of hydrogen-bond donors (Lipinski definition) is 0. The Morgan fingerprint density at radius 2 is 1.26 bits per heavy atom. The molecule has 0 heterocycles. The van der Waals surface area contributed by atoms with Gasteiger partial charge in [-0.3, -0.25) is 0 Å². The number of aryl methyl sites for hydroxylation is 2. The Hall–Kier alpha value is -2.87. The standard InChI is InChI=1S/C33H40O2/c1-3-5-6-8-26-11-15-27(16-12-26)29-17-19-31(20-18-29)33(34)35-32-23-21-30(22-24-32)28-13-9-25(7-4-2)10-14-28/h9-20,30,32H,3-8,21-24H2,1-2H3. The summed E-state index contributed by atoms with van der Waals surface area (Å²) in [6, 6.07) is 25.8. The molecular weight excluding hydrogens is 428 g/mol. The van der Waals surface area contributed by atoms with Crippen LogP contribution in [0.15, 0.2) is 72.8 Å². The first-order valence-electron chi connectivity index (χ1n) is 13.7. The minimum atomic E-state index is -0.199. The van der Waals surface area contributed by atoms with Gasteiger partial charge in [-0.2, -0.15) is 0 Å². The average Bonchev–Trinajstić information content (AvgIpc) is 2.90. The third-order valence-corrected chi connectivity index (χ3v) is 7.41. The van der Waals surface area contributed by atoms with E-state index < -0.39 is 0 Å². The lowest BCUT2D eigenvalue weighted by Gasteiger charge is -2.28. The summed E-state index contributed by atoms with van der Waals surface area (Å²) >= 11 is 0. The number of esters is 1. The number of rotatable bonds is 10. The maximum atomic E-state index is 12.8. The largest absolute Gasteiger partial charge is 0.459 e. The van der Waals surface area contributed by atoms with Gasteiger partial charge in [-0.1, -0.05) is 93.8 Å². The molecule has 0 radical (unpaired) electrons. The van der Waals surface area contributed by atoms with Gasteiger partial charge in [0, 0.05) is 0 Å². The molecule has 1 fully saturated rings. The van der Waals surface area contributed by atoms with Crippen molar-refractivity contribution in [3.05, 3.63) is 95.1 Å². The Bertz CT molecular complexity index is 1040. The zero-order valence-corrected chi connectivity index (χ0v) is 21.5. The smallest absolute Gasteiger partial charge is 0.338 e. The first kappa shape index (κ1) is 25.2. The highest BCUT2D eigenvalue weighted by atomic mass is 16.5. The van der Waals surface area contributed by atoms with Crippen LogP contribution in [0.1, 0.15) is 98.2 Å². The van der Waals surface area contributed by atoms with Crippen molar-refractivity contribution in [1.29, 1.82) is 0 Å². The molecule has 1 aliphatic carbocycles. The second-order valence-electron chi connectivity index (χ2n) is 10.1. The Morgan fingerprint density at radius 3 is 1.86 bits per heavy atom. The number of hydrogen-bond acceptors (Lipinski definition) is 2. The summed E-state index contributed by atoms with van der Waals surface area (Å²) in [5.74, 6) is 0.383. The molecule has 0 unspecified atom stereocenters. The molecule has 2 heteroatoms. The number of carbonyl (C=O) groups excluding carboxylic acids is 1. The molecule has 0 amide bonds. The van der Waals surface area contributed by atoms with Crippen LogP contribution >= 0.6 is 0 Å². The highest BCUT2D eigenvalue weighted by molar-refractivity contribution is 5.90. The Kier molecular flexibility index (Phi) is 9.17. The molecule has 3 aromatic carbocycles. The summed E-state index contributed by atoms with van der Waals surface area (Å²) in [6.45, 7) is 4.46. The number of ether oxygens (including phenoxy) is 1. The van der Waals surface area contributed by atoms with Crippen molar-refractivity contribution in [3.63, 3.8) is 0 Å². The molecule has 0 atom stereocenters. The van der Waals surface area contributed by atoms with Crippen molar-refractivity contribution >= 4 is 5.97 Å². The van der Waals surface area contributed by atoms with Gasteiger partial charge in [0.25, 0.3) is 0 Å². The van der Waals surface area contributed by atoms with Gasteiger partial charge in [0.2, 0.25) is 0 Å². The second-order valence-corrected chi connectivity index (χ2v) is 10.1. The zero-order valence-electron chi connectivity index (χ0n) is 21.5. The van der Waals surface area contributed by atoms with Gasteiger partial charge < -0.3 is 4.74 Å². The highest BCUT2D eigenvalue weighted by Gasteiger charge is 2.25. The van der Waals surface area contributed by atoms with Gasteiger partial charge in [0.05, 0.1) is 5.56 Å². The lowest BCUT2D eigenvalue weighted by Crippen LogP contribution is -2.24. The maximum Gasteiger partial charge on any atom is 0.338 e. The molecule has 0 spiro atoms. The van der Waals surface area contributed by atoms with E-state index in [0.717, 1.165) is 44.1 Å². The number of unbranched alkanes of at least 4 members (excludes halogenated alkanes) is 2. The SMILES string of the molecule is CCCCCc1ccc(-c2ccc(C(=O)OC3CCC(c4ccc(CCC)cc4)CC3)cc2)cc1. The molecular formula is C33H40O2. The lowest BCUT2D eigenvalue weighted by molar-refractivity contribution is 0.0195. The van der Waals surface area contributed by atoms with Crippen LogP contribution in [0, 0.1) is 0 Å². The monoisotopic (exact) mass is 468 g/mol. The van der Waals surface area contributed by atoms with Gasteiger partial charge in [0.15, 0.2) is 0 Å². The molecule has 0 bridgehead atoms. The van der Waals surface area contributed by atoms with E-state index in [9.17, 15) is 4.79 Å². The van der Waals surface area contributed by atoms with Crippen molar-refractivity contribution in [2.45, 2.75) is 90.1 Å². The fourth-order valence-electron chi connectivity index (χ4n) is 5.22. The molecule has 0 saturated heterocycles. The van der Waals surface area contributed by atoms with Gasteiger partial charge >= 0.3 is 5.97 Å². The molecule has 0 aliphatic heterocycles. The molecule has 2 nitrogen and oxygen atoms in total. The van der Waals surface area contributed by atoms with Crippen LogP contribution < -0.4 is 0 Å². The fourth-order valence-corrected chi connectivity index (χ4v) is 5.22. The van der Waals surface area contributed by atoms with Crippen LogP contribution in [0.5, 0.6) is 0 Å². The van der Waals surface area contributed by atoms with E-state index >= 15 is 0 Å². The molecule has 4 rings (SSSR count). The minimum Gasteiger partial charge on any atom is -0.459 e. The van der Waals surface area contributed by atoms with Gasteiger partial charge in [-0.15, -0.1) is 0 Å². The first-order chi connectivity index (χ1) is 17.2. The number of carbonyl (C=O) groups is 1.